The number of aromatic nitrogens is 2. The van der Waals surface area contributed by atoms with Gasteiger partial charge in [-0.15, -0.1) is 0 Å². The average molecular weight is 386 g/mol. The molecular formula is C23H22N4O2. The first-order valence-corrected chi connectivity index (χ1v) is 9.32. The maximum Gasteiger partial charge on any atom is 0.170 e. The Bertz CT molecular complexity index is 1120. The zero-order valence-corrected chi connectivity index (χ0v) is 16.1. The van der Waals surface area contributed by atoms with Gasteiger partial charge in [-0.2, -0.15) is 0 Å². The Hall–Kier alpha value is -3.80. The number of anilines is 2. The van der Waals surface area contributed by atoms with E-state index in [0.29, 0.717) is 36.0 Å². The van der Waals surface area contributed by atoms with Crippen molar-refractivity contribution >= 4 is 11.6 Å². The van der Waals surface area contributed by atoms with E-state index in [-0.39, 0.29) is 0 Å². The maximum atomic E-state index is 5.92. The molecule has 0 aliphatic rings. The fourth-order valence-corrected chi connectivity index (χ4v) is 3.10. The summed E-state index contributed by atoms with van der Waals surface area (Å²) >= 11 is 0. The van der Waals surface area contributed by atoms with Gasteiger partial charge in [-0.25, -0.2) is 4.98 Å². The Morgan fingerprint density at radius 3 is 2.52 bits per heavy atom. The molecule has 6 nitrogen and oxygen atoms in total. The molecule has 0 unspecified atom stereocenters. The van der Waals surface area contributed by atoms with E-state index in [4.69, 9.17) is 20.7 Å². The number of nitrogen functional groups attached to an aromatic ring is 2. The van der Waals surface area contributed by atoms with E-state index in [2.05, 4.69) is 35.3 Å². The molecule has 29 heavy (non-hydrogen) atoms. The third kappa shape index (κ3) is 4.55. The first-order chi connectivity index (χ1) is 14.1. The van der Waals surface area contributed by atoms with Crippen LogP contribution in [0.4, 0.5) is 11.6 Å². The number of aryl methyl sites for hydroxylation is 1. The number of hydrogen-bond acceptors (Lipinski definition) is 6. The quantitative estimate of drug-likeness (QED) is 0.510. The lowest BCUT2D eigenvalue weighted by molar-refractivity contribution is 0.306. The monoisotopic (exact) mass is 386 g/mol. The van der Waals surface area contributed by atoms with Crippen molar-refractivity contribution in [3.05, 3.63) is 89.1 Å². The van der Waals surface area contributed by atoms with Crippen LogP contribution in [-0.2, 0) is 13.0 Å². The normalized spacial score (nSPS) is 10.8. The molecule has 0 aliphatic carbocycles. The molecule has 2 aromatic carbocycles. The number of pyridine rings is 1. The number of rotatable bonds is 6. The molecule has 4 N–H and O–H groups in total. The number of ether oxygens (including phenoxy) is 1. The molecule has 6 heteroatoms. The summed E-state index contributed by atoms with van der Waals surface area (Å²) in [6, 6.07) is 21.6. The Balaban J connectivity index is 1.39. The molecule has 0 bridgehead atoms. The van der Waals surface area contributed by atoms with Crippen molar-refractivity contribution in [2.75, 3.05) is 11.5 Å². The van der Waals surface area contributed by atoms with Crippen molar-refractivity contribution in [1.82, 2.24) is 10.1 Å². The summed E-state index contributed by atoms with van der Waals surface area (Å²) in [7, 11) is 0. The minimum Gasteiger partial charge on any atom is -0.489 e. The fourth-order valence-electron chi connectivity index (χ4n) is 3.10. The van der Waals surface area contributed by atoms with Crippen molar-refractivity contribution in [2.45, 2.75) is 20.0 Å². The van der Waals surface area contributed by atoms with Gasteiger partial charge in [0.25, 0.3) is 0 Å². The fraction of sp³-hybridized carbons (Fsp3) is 0.130. The van der Waals surface area contributed by atoms with Crippen LogP contribution in [0.1, 0.15) is 22.4 Å². The van der Waals surface area contributed by atoms with Crippen LogP contribution < -0.4 is 16.2 Å². The van der Waals surface area contributed by atoms with Gasteiger partial charge in [-0.3, -0.25) is 0 Å². The van der Waals surface area contributed by atoms with Crippen LogP contribution >= 0.6 is 0 Å². The van der Waals surface area contributed by atoms with Crippen molar-refractivity contribution < 1.29 is 9.26 Å². The van der Waals surface area contributed by atoms with E-state index in [1.54, 1.807) is 12.1 Å². The van der Waals surface area contributed by atoms with Gasteiger partial charge in [0.15, 0.2) is 5.76 Å². The molecule has 0 spiro atoms. The van der Waals surface area contributed by atoms with Crippen LogP contribution in [0, 0.1) is 6.92 Å². The van der Waals surface area contributed by atoms with Crippen molar-refractivity contribution in [3.63, 3.8) is 0 Å². The van der Waals surface area contributed by atoms with E-state index in [0.717, 1.165) is 22.6 Å². The van der Waals surface area contributed by atoms with Crippen LogP contribution in [0.15, 0.2) is 71.3 Å². The molecule has 0 atom stereocenters. The first-order valence-electron chi connectivity index (χ1n) is 9.32. The molecule has 0 radical (unpaired) electrons. The largest absolute Gasteiger partial charge is 0.489 e. The van der Waals surface area contributed by atoms with Crippen LogP contribution in [0.5, 0.6) is 5.75 Å². The van der Waals surface area contributed by atoms with E-state index in [9.17, 15) is 0 Å². The molecule has 4 rings (SSSR count). The van der Waals surface area contributed by atoms with Crippen molar-refractivity contribution in [1.29, 1.82) is 0 Å². The summed E-state index contributed by atoms with van der Waals surface area (Å²) in [6.45, 7) is 2.62. The van der Waals surface area contributed by atoms with Gasteiger partial charge in [0.2, 0.25) is 0 Å². The van der Waals surface area contributed by atoms with Crippen molar-refractivity contribution in [2.24, 2.45) is 0 Å². The predicted molar refractivity (Wildman–Crippen MR) is 113 cm³/mol. The highest BCUT2D eigenvalue weighted by Crippen LogP contribution is 2.27. The zero-order valence-electron chi connectivity index (χ0n) is 16.1. The molecule has 4 aromatic rings. The lowest BCUT2D eigenvalue weighted by Gasteiger charge is -2.07. The second-order valence-corrected chi connectivity index (χ2v) is 6.95. The summed E-state index contributed by atoms with van der Waals surface area (Å²) in [5.41, 5.74) is 16.5. The second-order valence-electron chi connectivity index (χ2n) is 6.95. The van der Waals surface area contributed by atoms with E-state index >= 15 is 0 Å². The number of nitrogens with zero attached hydrogens (tertiary/aromatic N) is 2. The molecule has 2 aromatic heterocycles. The molecule has 0 fully saturated rings. The summed E-state index contributed by atoms with van der Waals surface area (Å²) in [4.78, 5) is 4.05. The van der Waals surface area contributed by atoms with E-state index in [1.165, 1.54) is 5.56 Å². The van der Waals surface area contributed by atoms with Gasteiger partial charge in [0.1, 0.15) is 24.0 Å². The SMILES string of the molecule is Cc1cccc(COc2ccc(Cc3cc(-c4ccc(N)nc4N)on3)cc2)c1. The topological polar surface area (TPSA) is 100 Å². The van der Waals surface area contributed by atoms with Crippen LogP contribution in [0.3, 0.4) is 0 Å². The Morgan fingerprint density at radius 2 is 1.76 bits per heavy atom. The molecule has 0 saturated heterocycles. The third-order valence-corrected chi connectivity index (χ3v) is 4.57. The molecular weight excluding hydrogens is 364 g/mol. The number of benzene rings is 2. The summed E-state index contributed by atoms with van der Waals surface area (Å²) in [5.74, 6) is 2.10. The third-order valence-electron chi connectivity index (χ3n) is 4.57. The highest BCUT2D eigenvalue weighted by molar-refractivity contribution is 5.71. The average Bonchev–Trinajstić information content (AvgIpc) is 3.16. The molecule has 2 heterocycles. The van der Waals surface area contributed by atoms with Gasteiger partial charge < -0.3 is 20.7 Å². The maximum absolute atomic E-state index is 5.92. The molecule has 146 valence electrons. The Morgan fingerprint density at radius 1 is 0.931 bits per heavy atom. The van der Waals surface area contributed by atoms with Crippen molar-refractivity contribution in [3.8, 4) is 17.1 Å². The lowest BCUT2D eigenvalue weighted by atomic mass is 10.1. The number of nitrogens with two attached hydrogens (primary N) is 2. The Kier molecular flexibility index (Phi) is 5.16. The van der Waals surface area contributed by atoms with Crippen LogP contribution in [0.25, 0.3) is 11.3 Å². The van der Waals surface area contributed by atoms with Gasteiger partial charge in [-0.05, 0) is 42.3 Å². The van der Waals surface area contributed by atoms with Gasteiger partial charge in [-0.1, -0.05) is 47.1 Å². The smallest absolute Gasteiger partial charge is 0.170 e. The van der Waals surface area contributed by atoms with E-state index in [1.807, 2.05) is 36.4 Å². The first kappa shape index (κ1) is 18.6. The second kappa shape index (κ2) is 8.06. The molecule has 0 saturated carbocycles. The summed E-state index contributed by atoms with van der Waals surface area (Å²) < 4.78 is 11.3. The highest BCUT2D eigenvalue weighted by atomic mass is 16.5. The van der Waals surface area contributed by atoms with E-state index < -0.39 is 0 Å². The zero-order chi connectivity index (χ0) is 20.2. The lowest BCUT2D eigenvalue weighted by Crippen LogP contribution is -1.97. The standard InChI is InChI=1S/C23H22N4O2/c1-15-3-2-4-17(11-15)14-28-19-7-5-16(6-8-19)12-18-13-21(29-27-18)20-9-10-22(24)26-23(20)25/h2-11,13H,12,14H2,1H3,(H4,24,25,26). The van der Waals surface area contributed by atoms with Gasteiger partial charge >= 0.3 is 0 Å². The molecule has 0 aliphatic heterocycles. The highest BCUT2D eigenvalue weighted by Gasteiger charge is 2.11. The summed E-state index contributed by atoms with van der Waals surface area (Å²) in [6.07, 6.45) is 0.643. The van der Waals surface area contributed by atoms with Crippen LogP contribution in [-0.4, -0.2) is 10.1 Å². The van der Waals surface area contributed by atoms with Gasteiger partial charge in [0, 0.05) is 12.5 Å². The minimum atomic E-state index is 0.322. The summed E-state index contributed by atoms with van der Waals surface area (Å²) in [5, 5.41) is 4.14. The minimum absolute atomic E-state index is 0.322. The Labute approximate surface area is 169 Å². The number of hydrogen-bond donors (Lipinski definition) is 2. The predicted octanol–water partition coefficient (Wildman–Crippen LogP) is 4.38. The van der Waals surface area contributed by atoms with Gasteiger partial charge in [0.05, 0.1) is 11.3 Å². The molecule has 0 amide bonds. The van der Waals surface area contributed by atoms with Crippen LogP contribution in [0.2, 0.25) is 0 Å².